The standard InChI is InChI=1S/C10H17NO4S/c11-7-1-2-9-6(3-7)4-8(5-10(9)12)16(13,14)15/h7-8,10,12H,1-5,11H2,(H,13,14,15). The molecule has 3 unspecified atom stereocenters. The van der Waals surface area contributed by atoms with Crippen molar-refractivity contribution in [3.63, 3.8) is 0 Å². The molecule has 4 N–H and O–H groups in total. The lowest BCUT2D eigenvalue weighted by Crippen LogP contribution is -2.37. The maximum absolute atomic E-state index is 11.1. The average Bonchev–Trinajstić information content (AvgIpc) is 2.15. The molecule has 2 rings (SSSR count). The van der Waals surface area contributed by atoms with Gasteiger partial charge in [0.25, 0.3) is 10.1 Å². The first kappa shape index (κ1) is 12.0. The van der Waals surface area contributed by atoms with E-state index in [4.69, 9.17) is 10.3 Å². The summed E-state index contributed by atoms with van der Waals surface area (Å²) in [7, 11) is -4.06. The van der Waals surface area contributed by atoms with Crippen LogP contribution in [0.25, 0.3) is 0 Å². The zero-order valence-corrected chi connectivity index (χ0v) is 9.78. The van der Waals surface area contributed by atoms with Crippen LogP contribution in [0, 0.1) is 0 Å². The molecule has 0 aliphatic heterocycles. The van der Waals surface area contributed by atoms with Gasteiger partial charge in [-0.2, -0.15) is 8.42 Å². The second kappa shape index (κ2) is 4.10. The van der Waals surface area contributed by atoms with Crippen LogP contribution in [-0.2, 0) is 10.1 Å². The van der Waals surface area contributed by atoms with Gasteiger partial charge in [-0.1, -0.05) is 5.57 Å². The third-order valence-corrected chi connectivity index (χ3v) is 4.73. The minimum absolute atomic E-state index is 0.0473. The monoisotopic (exact) mass is 247 g/mol. The van der Waals surface area contributed by atoms with Gasteiger partial charge in [0, 0.05) is 6.04 Å². The van der Waals surface area contributed by atoms with Crippen molar-refractivity contribution in [3.05, 3.63) is 11.1 Å². The lowest BCUT2D eigenvalue weighted by atomic mass is 9.79. The molecule has 0 bridgehead atoms. The SMILES string of the molecule is NC1CCC2=C(C1)CC(S(=O)(=O)O)CC2O. The highest BCUT2D eigenvalue weighted by molar-refractivity contribution is 7.86. The van der Waals surface area contributed by atoms with Gasteiger partial charge < -0.3 is 10.8 Å². The predicted molar refractivity (Wildman–Crippen MR) is 59.4 cm³/mol. The molecule has 0 aromatic heterocycles. The number of hydrogen-bond donors (Lipinski definition) is 3. The quantitative estimate of drug-likeness (QED) is 0.454. The van der Waals surface area contributed by atoms with E-state index < -0.39 is 21.5 Å². The van der Waals surface area contributed by atoms with Crippen molar-refractivity contribution in [3.8, 4) is 0 Å². The molecule has 5 nitrogen and oxygen atoms in total. The van der Waals surface area contributed by atoms with Crippen LogP contribution in [0.2, 0.25) is 0 Å². The maximum Gasteiger partial charge on any atom is 0.268 e. The van der Waals surface area contributed by atoms with Gasteiger partial charge >= 0.3 is 0 Å². The molecule has 2 aliphatic carbocycles. The van der Waals surface area contributed by atoms with E-state index in [-0.39, 0.29) is 12.5 Å². The Balaban J connectivity index is 2.25. The van der Waals surface area contributed by atoms with Gasteiger partial charge in [0.15, 0.2) is 0 Å². The molecule has 0 saturated carbocycles. The van der Waals surface area contributed by atoms with Crippen molar-refractivity contribution in [2.24, 2.45) is 5.73 Å². The van der Waals surface area contributed by atoms with E-state index in [2.05, 4.69) is 0 Å². The van der Waals surface area contributed by atoms with Gasteiger partial charge in [-0.25, -0.2) is 0 Å². The van der Waals surface area contributed by atoms with E-state index in [1.165, 1.54) is 0 Å². The van der Waals surface area contributed by atoms with Crippen LogP contribution >= 0.6 is 0 Å². The molecule has 2 aliphatic rings. The minimum Gasteiger partial charge on any atom is -0.389 e. The number of aliphatic hydroxyl groups is 1. The second-order valence-corrected chi connectivity index (χ2v) is 6.42. The van der Waals surface area contributed by atoms with Crippen molar-refractivity contribution >= 4 is 10.1 Å². The van der Waals surface area contributed by atoms with Crippen molar-refractivity contribution in [1.82, 2.24) is 0 Å². The fourth-order valence-corrected chi connectivity index (χ4v) is 3.50. The lowest BCUT2D eigenvalue weighted by molar-refractivity contribution is 0.178. The largest absolute Gasteiger partial charge is 0.389 e. The highest BCUT2D eigenvalue weighted by Gasteiger charge is 2.36. The van der Waals surface area contributed by atoms with E-state index in [1.54, 1.807) is 0 Å². The molecule has 0 saturated heterocycles. The van der Waals surface area contributed by atoms with E-state index in [0.717, 1.165) is 24.0 Å². The molecule has 92 valence electrons. The summed E-state index contributed by atoms with van der Waals surface area (Å²) in [5, 5.41) is 8.98. The van der Waals surface area contributed by atoms with Crippen LogP contribution in [0.5, 0.6) is 0 Å². The second-order valence-electron chi connectivity index (χ2n) is 4.72. The molecule has 0 fully saturated rings. The highest BCUT2D eigenvalue weighted by Crippen LogP contribution is 2.37. The third kappa shape index (κ3) is 2.29. The van der Waals surface area contributed by atoms with Gasteiger partial charge in [-0.15, -0.1) is 0 Å². The Morgan fingerprint density at radius 1 is 1.31 bits per heavy atom. The Bertz CT molecular complexity index is 415. The van der Waals surface area contributed by atoms with Gasteiger partial charge in [0.2, 0.25) is 0 Å². The molecule has 0 aromatic carbocycles. The van der Waals surface area contributed by atoms with Crippen LogP contribution in [0.3, 0.4) is 0 Å². The molecule has 0 amide bonds. The van der Waals surface area contributed by atoms with Gasteiger partial charge in [0.05, 0.1) is 11.4 Å². The van der Waals surface area contributed by atoms with Crippen molar-refractivity contribution in [2.45, 2.75) is 49.5 Å². The van der Waals surface area contributed by atoms with E-state index in [0.29, 0.717) is 12.8 Å². The summed E-state index contributed by atoms with van der Waals surface area (Å²) < 4.78 is 31.2. The Kier molecular flexibility index (Phi) is 3.09. The Morgan fingerprint density at radius 3 is 2.62 bits per heavy atom. The van der Waals surface area contributed by atoms with Crippen molar-refractivity contribution in [2.75, 3.05) is 0 Å². The average molecular weight is 247 g/mol. The van der Waals surface area contributed by atoms with E-state index in [9.17, 15) is 13.5 Å². The summed E-state index contributed by atoms with van der Waals surface area (Å²) in [5.74, 6) is 0. The van der Waals surface area contributed by atoms with Crippen LogP contribution in [0.15, 0.2) is 11.1 Å². The van der Waals surface area contributed by atoms with Gasteiger partial charge in [-0.3, -0.25) is 4.55 Å². The molecular formula is C10H17NO4S. The first-order valence-electron chi connectivity index (χ1n) is 5.48. The fourth-order valence-electron chi connectivity index (χ4n) is 2.66. The van der Waals surface area contributed by atoms with Crippen LogP contribution in [-0.4, -0.2) is 35.5 Å². The zero-order valence-electron chi connectivity index (χ0n) is 8.96. The third-order valence-electron chi connectivity index (χ3n) is 3.53. The summed E-state index contributed by atoms with van der Waals surface area (Å²) in [5.41, 5.74) is 7.69. The van der Waals surface area contributed by atoms with E-state index in [1.807, 2.05) is 0 Å². The Hall–Kier alpha value is -0.430. The normalized spacial score (nSPS) is 36.1. The maximum atomic E-state index is 11.1. The van der Waals surface area contributed by atoms with Crippen LogP contribution in [0.1, 0.15) is 32.1 Å². The number of nitrogens with two attached hydrogens (primary N) is 1. The van der Waals surface area contributed by atoms with Gasteiger partial charge in [-0.05, 0) is 37.7 Å². The highest BCUT2D eigenvalue weighted by atomic mass is 32.2. The smallest absolute Gasteiger partial charge is 0.268 e. The number of rotatable bonds is 1. The minimum atomic E-state index is -4.06. The molecule has 0 spiro atoms. The molecule has 16 heavy (non-hydrogen) atoms. The van der Waals surface area contributed by atoms with Crippen LogP contribution in [0.4, 0.5) is 0 Å². The fraction of sp³-hybridized carbons (Fsp3) is 0.800. The first-order chi connectivity index (χ1) is 7.38. The molecule has 0 heterocycles. The van der Waals surface area contributed by atoms with Gasteiger partial charge in [0.1, 0.15) is 0 Å². The topological polar surface area (TPSA) is 101 Å². The van der Waals surface area contributed by atoms with Crippen molar-refractivity contribution < 1.29 is 18.1 Å². The molecule has 3 atom stereocenters. The summed E-state index contributed by atoms with van der Waals surface area (Å²) in [6.45, 7) is 0. The molecule has 0 radical (unpaired) electrons. The molecule has 6 heteroatoms. The molecular weight excluding hydrogens is 230 g/mol. The summed E-state index contributed by atoms with van der Waals surface area (Å²) in [6.07, 6.45) is 1.91. The lowest BCUT2D eigenvalue weighted by Gasteiger charge is -2.34. The van der Waals surface area contributed by atoms with E-state index >= 15 is 0 Å². The summed E-state index contributed by atoms with van der Waals surface area (Å²) >= 11 is 0. The molecule has 0 aromatic rings. The number of hydrogen-bond acceptors (Lipinski definition) is 4. The summed E-state index contributed by atoms with van der Waals surface area (Å²) in [4.78, 5) is 0. The first-order valence-corrected chi connectivity index (χ1v) is 6.99. The Labute approximate surface area is 95.1 Å². The number of aliphatic hydroxyl groups excluding tert-OH is 1. The predicted octanol–water partition coefficient (Wildman–Crippen LogP) is 0.205. The summed E-state index contributed by atoms with van der Waals surface area (Å²) in [6, 6.07) is 0.0473. The van der Waals surface area contributed by atoms with Crippen molar-refractivity contribution in [1.29, 1.82) is 0 Å². The zero-order chi connectivity index (χ0) is 11.9. The Morgan fingerprint density at radius 2 is 2.00 bits per heavy atom. The van der Waals surface area contributed by atoms with Crippen LogP contribution < -0.4 is 5.73 Å².